The number of aliphatic hydroxyl groups is 16. The predicted molar refractivity (Wildman–Crippen MR) is 490 cm³/mol. The van der Waals surface area contributed by atoms with Crippen LogP contribution in [0.3, 0.4) is 0 Å². The van der Waals surface area contributed by atoms with Crippen molar-refractivity contribution in [3.05, 3.63) is 71.8 Å². The Morgan fingerprint density at radius 2 is 0.393 bits per heavy atom. The number of aliphatic carboxylic acids is 7. The fourth-order valence-corrected chi connectivity index (χ4v) is 26.0. The van der Waals surface area contributed by atoms with Gasteiger partial charge in [0, 0.05) is 92.9 Å². The molecule has 40 atom stereocenters. The van der Waals surface area contributed by atoms with E-state index in [1.807, 2.05) is 0 Å². The van der Waals surface area contributed by atoms with E-state index in [4.69, 9.17) is 80.5 Å². The van der Waals surface area contributed by atoms with Crippen LogP contribution in [0, 0.1) is 0 Å². The molecule has 0 unspecified atom stereocenters. The highest BCUT2D eigenvalue weighted by molar-refractivity contribution is 8.00. The topological polar surface area (TPSA) is 759 Å². The van der Waals surface area contributed by atoms with E-state index in [2.05, 4.69) is 0 Å². The van der Waals surface area contributed by atoms with Gasteiger partial charge in [0.2, 0.25) is 0 Å². The molecule has 30 aliphatic rings. The lowest BCUT2D eigenvalue weighted by molar-refractivity contribution is -0.397. The summed E-state index contributed by atoms with van der Waals surface area (Å²) in [6.07, 6.45) is -87.3. The highest BCUT2D eigenvalue weighted by Crippen LogP contribution is 2.53. The molecule has 794 valence electrons. The Labute approximate surface area is 830 Å². The van der Waals surface area contributed by atoms with Gasteiger partial charge in [0.1, 0.15) is 166 Å². The lowest BCUT2D eigenvalue weighted by Crippen LogP contribution is -2.69. The zero-order chi connectivity index (χ0) is 102. The van der Waals surface area contributed by atoms with Crippen molar-refractivity contribution in [2.45, 2.75) is 303 Å². The minimum Gasteiger partial charge on any atom is -0.481 e. The van der Waals surface area contributed by atoms with Crippen LogP contribution in [0.25, 0.3) is 0 Å². The van der Waals surface area contributed by atoms with Crippen molar-refractivity contribution in [2.75, 3.05) is 93.5 Å². The quantitative estimate of drug-likeness (QED) is 0.0221. The molecule has 16 bridgehead atoms. The molecule has 0 saturated carbocycles. The number of carboxylic acids is 7. The minimum atomic E-state index is -3.59. The number of thioether (sulfide) groups is 7. The Kier molecular flexibility index (Phi) is 46.6. The number of benzene rings is 2. The van der Waals surface area contributed by atoms with Crippen molar-refractivity contribution >= 4 is 131 Å². The first-order chi connectivity index (χ1) is 66.7. The van der Waals surface area contributed by atoms with Gasteiger partial charge in [-0.15, -0.1) is 0 Å². The van der Waals surface area contributed by atoms with Gasteiger partial charge >= 0.3 is 41.8 Å². The van der Waals surface area contributed by atoms with Crippen LogP contribution in [0.2, 0.25) is 0 Å². The number of carboxylic acid groups (broad SMARTS) is 7. The molecule has 30 aliphatic heterocycles. The van der Waals surface area contributed by atoms with Crippen LogP contribution in [0.4, 0.5) is 0 Å². The second-order valence-electron chi connectivity index (χ2n) is 34.4. The van der Waals surface area contributed by atoms with E-state index in [0.717, 1.165) is 82.3 Å². The summed E-state index contributed by atoms with van der Waals surface area (Å²) < 4.78 is 123. The second-order valence-corrected chi connectivity index (χ2v) is 45.4. The molecule has 48 nitrogen and oxygen atoms in total. The molecule has 30 saturated heterocycles. The van der Waals surface area contributed by atoms with Crippen LogP contribution in [0.1, 0.15) is 56.1 Å². The maximum atomic E-state index is 15.5. The molecule has 2 aromatic rings. The summed E-state index contributed by atoms with van der Waals surface area (Å²) in [4.78, 5) is 83.3. The zero-order valence-corrected chi connectivity index (χ0v) is 81.5. The maximum Gasteiger partial charge on any atom is 0.304 e. The van der Waals surface area contributed by atoms with Crippen molar-refractivity contribution in [2.24, 2.45) is 0 Å². The van der Waals surface area contributed by atoms with Crippen molar-refractivity contribution in [1.82, 2.24) is 0 Å². The smallest absolute Gasteiger partial charge is 0.304 e. The average Bonchev–Trinajstić information content (AvgIpc) is 0.767. The van der Waals surface area contributed by atoms with Crippen LogP contribution in [0.15, 0.2) is 60.7 Å². The fourth-order valence-electron chi connectivity index (χ4n) is 16.6. The van der Waals surface area contributed by atoms with Gasteiger partial charge in [0.05, 0.1) is 94.3 Å². The molecular formula is C84H123O48PS7. The summed E-state index contributed by atoms with van der Waals surface area (Å²) in [5.41, 5.74) is 1.27. The summed E-state index contributed by atoms with van der Waals surface area (Å²) in [5, 5.41) is 266. The number of hydrogen-bond donors (Lipinski definition) is 23. The van der Waals surface area contributed by atoms with E-state index in [9.17, 15) is 151 Å². The third kappa shape index (κ3) is 32.6. The lowest BCUT2D eigenvalue weighted by atomic mass is 9.95. The van der Waals surface area contributed by atoms with Gasteiger partial charge in [0.15, 0.2) is 50.3 Å². The summed E-state index contributed by atoms with van der Waals surface area (Å²) in [6.45, 7) is -0.785. The highest BCUT2D eigenvalue weighted by Gasteiger charge is 2.61. The normalized spacial score (nSPS) is 39.1. The van der Waals surface area contributed by atoms with E-state index in [1.54, 1.807) is 60.7 Å². The minimum absolute atomic E-state index is 0.0425. The standard InChI is InChI=1S/C84H123O48PS7/c85-46(86)11-18-134-28-39-70-55(101)63(109)79(119-39)128-72-41(30-136-20-13-48(89)90)121-81(65(111)57(72)103)130-74-43(32-138-22-15-50(93)94)123-83(67(113)59(74)105)132-76-45(34-140-24-17-52(97)98)124-84(68(114)60(76)106)131-75-44(33-139-23-16-51(95)96)122-82(66(112)58(75)104)129-73-42(31-137-21-14-49(91)92)120-80(64(110)56(73)102)127-71-40(29-135-19-12-47(87)88)118-78(62(108)54(71)100)125-69-38(117-77(126-70)61(107)53(69)99)25-116-35-133(115,26-36-7-3-1-4-8-36)27-37-9-5-2-6-10-37/h1-10,38-45,53-84,99-114H,11-35H2,(H,85,86)(H,87,88)(H,89,90)(H,91,92)(H,93,94)(H,95,96)(H,97,98)/t38-,39-,40-,41-,42-,43-,44-,45-,53-,54-,55-,56-,57-,58-,59-,60-,61-,62-,63-,64-,65-,66-,67-,68-,69-,70-,71-,72-,73-,74-,75-,76-,77-,78-,79-,80-,81-,82-,83-,84-/m1/s1. The number of rotatable bonds is 43. The number of carbonyl (C=O) groups is 7. The third-order valence-corrected chi connectivity index (χ3v) is 33.8. The molecular weight excluding hydrogens is 2030 g/mol. The van der Waals surface area contributed by atoms with E-state index in [1.165, 1.54) is 0 Å². The van der Waals surface area contributed by atoms with Crippen LogP contribution >= 0.6 is 89.5 Å². The molecule has 23 N–H and O–H groups in total. The van der Waals surface area contributed by atoms with Crippen LogP contribution < -0.4 is 0 Å². The zero-order valence-electron chi connectivity index (χ0n) is 74.8. The first-order valence-corrected chi connectivity index (χ1v) is 55.2. The van der Waals surface area contributed by atoms with Crippen LogP contribution in [-0.4, -0.2) is 498 Å². The molecule has 0 spiro atoms. The molecule has 0 aliphatic carbocycles. The first kappa shape index (κ1) is 116. The third-order valence-electron chi connectivity index (χ3n) is 23.9. The van der Waals surface area contributed by atoms with Crippen molar-refractivity contribution in [1.29, 1.82) is 0 Å². The van der Waals surface area contributed by atoms with E-state index >= 15 is 4.57 Å². The van der Waals surface area contributed by atoms with Gasteiger partial charge in [-0.2, -0.15) is 82.3 Å². The average molecular weight is 2160 g/mol. The Morgan fingerprint density at radius 1 is 0.236 bits per heavy atom. The highest BCUT2D eigenvalue weighted by atomic mass is 32.2. The summed E-state index contributed by atoms with van der Waals surface area (Å²) in [5.74, 6) is -12.7. The van der Waals surface area contributed by atoms with E-state index < -0.39 is 364 Å². The molecule has 2 aromatic carbocycles. The molecule has 32 rings (SSSR count). The van der Waals surface area contributed by atoms with Gasteiger partial charge < -0.3 is 203 Å². The first-order valence-electron chi connectivity index (χ1n) is 44.9. The monoisotopic (exact) mass is 2150 g/mol. The molecule has 0 aromatic heterocycles. The van der Waals surface area contributed by atoms with Gasteiger partial charge in [-0.25, -0.2) is 0 Å². The van der Waals surface area contributed by atoms with Crippen molar-refractivity contribution in [3.8, 4) is 0 Å². The summed E-state index contributed by atoms with van der Waals surface area (Å²) in [7, 11) is -3.59. The van der Waals surface area contributed by atoms with E-state index in [-0.39, 0.29) is 81.4 Å². The summed E-state index contributed by atoms with van der Waals surface area (Å²) in [6, 6.07) is 17.4. The number of ether oxygens (including phenoxy) is 17. The number of aliphatic hydroxyl groups excluding tert-OH is 16. The molecule has 30 heterocycles. The predicted octanol–water partition coefficient (Wildman–Crippen LogP) is -4.15. The molecule has 140 heavy (non-hydrogen) atoms. The maximum absolute atomic E-state index is 15.5. The van der Waals surface area contributed by atoms with E-state index in [0.29, 0.717) is 11.1 Å². The van der Waals surface area contributed by atoms with Crippen molar-refractivity contribution in [3.63, 3.8) is 0 Å². The molecule has 30 fully saturated rings. The SMILES string of the molecule is O=C(O)CCSC[C@H]1O[C@@H]2O[C@H]3[C@H](O)[C@@H](O)[C@@H](O[C@H]4[C@H](O)[C@@H](O)[C@@H](O[C@H]5[C@H](O)[C@@H](O)[C@@H](O[C@H]6[C@H](O)[C@@H](O)[C@@H](O[C@H]7[C@H](O)[C@@H](O)[C@@H](O[C@H]8[C@H](O)[C@@H](O)[C@@H](O[C@H]9[C@H](O)[C@@H](O)[C@@H](O[C@H]1[C@H](O)[C@H]2O)O[C@@H]9COCP(=O)(Cc1ccccc1)Cc1ccccc1)O[C@@H]8CSCCC(=O)O)O[C@@H]7CSCCC(=O)O)O[C@@H]6CSCCC(=O)O)O[C@@H]5CSCCC(=O)O)O[C@@H]4CSCCC(=O)O)O[C@@H]3CSCCC(=O)O. The van der Waals surface area contributed by atoms with Crippen molar-refractivity contribution < 1.29 is 236 Å². The summed E-state index contributed by atoms with van der Waals surface area (Å²) >= 11 is 6.18. The number of hydrogen-bond acceptors (Lipinski definition) is 48. The molecule has 0 amide bonds. The Morgan fingerprint density at radius 3 is 0.557 bits per heavy atom. The Bertz CT molecular complexity index is 4030. The Balaban J connectivity index is 0.984. The largest absolute Gasteiger partial charge is 0.481 e. The molecule has 0 radical (unpaired) electrons. The molecule has 56 heteroatoms. The van der Waals surface area contributed by atoms with Gasteiger partial charge in [-0.3, -0.25) is 33.6 Å². The second kappa shape index (κ2) is 56.1. The van der Waals surface area contributed by atoms with Gasteiger partial charge in [-0.05, 0) is 11.1 Å². The van der Waals surface area contributed by atoms with Crippen LogP contribution in [0.5, 0.6) is 0 Å². The lowest BCUT2D eigenvalue weighted by Gasteiger charge is -2.51. The Hall–Kier alpha value is -3.91. The van der Waals surface area contributed by atoms with Gasteiger partial charge in [0.25, 0.3) is 0 Å². The van der Waals surface area contributed by atoms with Crippen LogP contribution in [-0.2, 0) is 131 Å². The fraction of sp³-hybridized carbons (Fsp3) is 0.774. The van der Waals surface area contributed by atoms with Gasteiger partial charge in [-0.1, -0.05) is 60.7 Å².